The molecular formula is C15H16BrN5O5. The van der Waals surface area contributed by atoms with Crippen LogP contribution in [0.1, 0.15) is 17.7 Å². The van der Waals surface area contributed by atoms with Gasteiger partial charge in [-0.3, -0.25) is 14.6 Å². The molecule has 2 aromatic rings. The van der Waals surface area contributed by atoms with Crippen molar-refractivity contribution in [3.05, 3.63) is 48.7 Å². The van der Waals surface area contributed by atoms with Gasteiger partial charge in [0.1, 0.15) is 5.69 Å². The lowest BCUT2D eigenvalue weighted by atomic mass is 10.2. The summed E-state index contributed by atoms with van der Waals surface area (Å²) in [5, 5.41) is 9.55. The molecule has 0 atom stereocenters. The van der Waals surface area contributed by atoms with Crippen LogP contribution in [-0.2, 0) is 11.2 Å². The summed E-state index contributed by atoms with van der Waals surface area (Å²) in [6.07, 6.45) is 1.49. The van der Waals surface area contributed by atoms with E-state index in [4.69, 9.17) is 9.47 Å². The van der Waals surface area contributed by atoms with Gasteiger partial charge in [-0.2, -0.15) is 10.2 Å². The van der Waals surface area contributed by atoms with E-state index in [0.29, 0.717) is 21.5 Å². The van der Waals surface area contributed by atoms with Gasteiger partial charge in [0.2, 0.25) is 5.91 Å². The second kappa shape index (κ2) is 8.94. The van der Waals surface area contributed by atoms with E-state index in [9.17, 15) is 14.4 Å². The first-order valence-corrected chi connectivity index (χ1v) is 8.15. The number of nitrogens with zero attached hydrogens (tertiary/aromatic N) is 2. The summed E-state index contributed by atoms with van der Waals surface area (Å²) in [4.78, 5) is 36.2. The molecule has 1 amide bonds. The number of methoxy groups -OCH3 is 2. The van der Waals surface area contributed by atoms with Gasteiger partial charge in [-0.25, -0.2) is 15.3 Å². The Labute approximate surface area is 155 Å². The molecule has 1 heterocycles. The van der Waals surface area contributed by atoms with Crippen LogP contribution in [0.25, 0.3) is 0 Å². The maximum atomic E-state index is 11.8. The third-order valence-electron chi connectivity index (χ3n) is 3.23. The van der Waals surface area contributed by atoms with Gasteiger partial charge < -0.3 is 9.47 Å². The largest absolute Gasteiger partial charge is 0.493 e. The molecular weight excluding hydrogens is 410 g/mol. The van der Waals surface area contributed by atoms with Gasteiger partial charge in [0.15, 0.2) is 11.5 Å². The molecule has 1 aromatic heterocycles. The fourth-order valence-electron chi connectivity index (χ4n) is 2.02. The second-order valence-corrected chi connectivity index (χ2v) is 5.84. The fourth-order valence-corrected chi connectivity index (χ4v) is 2.64. The molecule has 26 heavy (non-hydrogen) atoms. The third-order valence-corrected chi connectivity index (χ3v) is 3.82. The summed E-state index contributed by atoms with van der Waals surface area (Å²) in [5.74, 6) is 0.651. The Hall–Kier alpha value is -2.95. The Kier molecular flexibility index (Phi) is 6.67. The number of carbonyl (C=O) groups excluding carboxylic acids is 1. The van der Waals surface area contributed by atoms with Crippen LogP contribution in [0.3, 0.4) is 0 Å². The molecule has 10 nitrogen and oxygen atoms in total. The van der Waals surface area contributed by atoms with Crippen molar-refractivity contribution in [3.63, 3.8) is 0 Å². The van der Waals surface area contributed by atoms with Crippen molar-refractivity contribution < 1.29 is 14.3 Å². The van der Waals surface area contributed by atoms with Crippen LogP contribution in [0, 0.1) is 0 Å². The van der Waals surface area contributed by atoms with E-state index in [-0.39, 0.29) is 18.5 Å². The molecule has 0 fully saturated rings. The first kappa shape index (κ1) is 19.4. The van der Waals surface area contributed by atoms with Gasteiger partial charge in [0.25, 0.3) is 5.56 Å². The highest BCUT2D eigenvalue weighted by Crippen LogP contribution is 2.35. The van der Waals surface area contributed by atoms with Crippen molar-refractivity contribution in [2.45, 2.75) is 12.8 Å². The number of H-pyrrole nitrogens is 2. The number of hydrazone groups is 1. The highest BCUT2D eigenvalue weighted by Gasteiger charge is 2.10. The van der Waals surface area contributed by atoms with E-state index in [1.807, 2.05) is 4.98 Å². The monoisotopic (exact) mass is 425 g/mol. The van der Waals surface area contributed by atoms with E-state index in [1.54, 1.807) is 12.1 Å². The quantitative estimate of drug-likeness (QED) is 0.431. The number of hydrogen-bond acceptors (Lipinski definition) is 7. The summed E-state index contributed by atoms with van der Waals surface area (Å²) in [6, 6.07) is 3.45. The standard InChI is InChI=1S/C15H16BrN5O5/c1-25-11-6-8(5-9(16)13(11)26-2)7-17-20-12(22)4-3-10-14(23)18-15(24)21-19-10/h5-7H,3-4H2,1-2H3,(H,20,22)(H2,18,21,23,24)/b17-7-. The first-order valence-electron chi connectivity index (χ1n) is 7.36. The van der Waals surface area contributed by atoms with Gasteiger partial charge >= 0.3 is 5.69 Å². The van der Waals surface area contributed by atoms with Crippen LogP contribution in [-0.4, -0.2) is 41.5 Å². The molecule has 0 radical (unpaired) electrons. The summed E-state index contributed by atoms with van der Waals surface area (Å²) in [7, 11) is 3.04. The minimum absolute atomic E-state index is 0.0188. The van der Waals surface area contributed by atoms with Crippen LogP contribution < -0.4 is 26.1 Å². The summed E-state index contributed by atoms with van der Waals surface area (Å²) >= 11 is 3.36. The number of benzene rings is 1. The van der Waals surface area contributed by atoms with E-state index in [0.717, 1.165) is 0 Å². The molecule has 0 spiro atoms. The van der Waals surface area contributed by atoms with Gasteiger partial charge in [-0.05, 0) is 33.6 Å². The zero-order valence-electron chi connectivity index (χ0n) is 14.0. The number of aryl methyl sites for hydroxylation is 1. The van der Waals surface area contributed by atoms with Crippen molar-refractivity contribution in [1.29, 1.82) is 0 Å². The number of carbonyl (C=O) groups is 1. The number of aromatic amines is 2. The predicted octanol–water partition coefficient (Wildman–Crippen LogP) is 0.321. The molecule has 0 aliphatic heterocycles. The van der Waals surface area contributed by atoms with Crippen molar-refractivity contribution in [1.82, 2.24) is 20.6 Å². The molecule has 0 saturated carbocycles. The van der Waals surface area contributed by atoms with E-state index >= 15 is 0 Å². The number of aromatic nitrogens is 3. The van der Waals surface area contributed by atoms with Crippen LogP contribution in [0.15, 0.2) is 31.3 Å². The predicted molar refractivity (Wildman–Crippen MR) is 96.8 cm³/mol. The highest BCUT2D eigenvalue weighted by atomic mass is 79.9. The van der Waals surface area contributed by atoms with E-state index in [1.165, 1.54) is 20.4 Å². The molecule has 1 aromatic carbocycles. The van der Waals surface area contributed by atoms with E-state index < -0.39 is 17.2 Å². The lowest BCUT2D eigenvalue weighted by Gasteiger charge is -2.10. The maximum absolute atomic E-state index is 11.8. The van der Waals surface area contributed by atoms with E-state index in [2.05, 4.69) is 36.7 Å². The Bertz CT molecular complexity index is 937. The minimum Gasteiger partial charge on any atom is -0.493 e. The molecule has 138 valence electrons. The normalized spacial score (nSPS) is 10.7. The van der Waals surface area contributed by atoms with Gasteiger partial charge in [-0.15, -0.1) is 0 Å². The second-order valence-electron chi connectivity index (χ2n) is 4.98. The molecule has 0 aliphatic rings. The Morgan fingerprint density at radius 1 is 1.35 bits per heavy atom. The number of ether oxygens (including phenoxy) is 2. The summed E-state index contributed by atoms with van der Waals surface area (Å²) in [6.45, 7) is 0. The molecule has 11 heteroatoms. The summed E-state index contributed by atoms with van der Waals surface area (Å²) < 4.78 is 11.1. The molecule has 2 rings (SSSR count). The van der Waals surface area contributed by atoms with Crippen LogP contribution in [0.2, 0.25) is 0 Å². The molecule has 0 unspecified atom stereocenters. The zero-order chi connectivity index (χ0) is 19.1. The number of hydrogen-bond donors (Lipinski definition) is 3. The van der Waals surface area contributed by atoms with Crippen molar-refractivity contribution in [2.24, 2.45) is 5.10 Å². The minimum atomic E-state index is -0.700. The number of nitrogens with one attached hydrogen (secondary N) is 3. The Balaban J connectivity index is 1.95. The van der Waals surface area contributed by atoms with Crippen molar-refractivity contribution in [2.75, 3.05) is 14.2 Å². The summed E-state index contributed by atoms with van der Waals surface area (Å²) in [5.41, 5.74) is 1.76. The number of halogens is 1. The van der Waals surface area contributed by atoms with Gasteiger partial charge in [-0.1, -0.05) is 0 Å². The average molecular weight is 426 g/mol. The fraction of sp³-hybridized carbons (Fsp3) is 0.267. The molecule has 0 saturated heterocycles. The Morgan fingerprint density at radius 3 is 2.77 bits per heavy atom. The van der Waals surface area contributed by atoms with Crippen LogP contribution >= 0.6 is 15.9 Å². The molecule has 0 bridgehead atoms. The molecule has 3 N–H and O–H groups in total. The lowest BCUT2D eigenvalue weighted by molar-refractivity contribution is -0.121. The number of amides is 1. The van der Waals surface area contributed by atoms with Crippen LogP contribution in [0.4, 0.5) is 0 Å². The maximum Gasteiger partial charge on any atom is 0.342 e. The zero-order valence-corrected chi connectivity index (χ0v) is 15.5. The Morgan fingerprint density at radius 2 is 2.12 bits per heavy atom. The van der Waals surface area contributed by atoms with Gasteiger partial charge in [0.05, 0.1) is 24.9 Å². The lowest BCUT2D eigenvalue weighted by Crippen LogP contribution is -2.28. The topological polar surface area (TPSA) is 139 Å². The molecule has 0 aliphatic carbocycles. The third kappa shape index (κ3) is 5.02. The van der Waals surface area contributed by atoms with Crippen LogP contribution in [0.5, 0.6) is 11.5 Å². The average Bonchev–Trinajstić information content (AvgIpc) is 2.60. The van der Waals surface area contributed by atoms with Gasteiger partial charge in [0, 0.05) is 12.8 Å². The number of rotatable bonds is 7. The van der Waals surface area contributed by atoms with Crippen molar-refractivity contribution in [3.8, 4) is 11.5 Å². The first-order chi connectivity index (χ1) is 12.4. The smallest absolute Gasteiger partial charge is 0.342 e. The van der Waals surface area contributed by atoms with Crippen molar-refractivity contribution >= 4 is 28.1 Å². The SMILES string of the molecule is COc1cc(/C=N\NC(=O)CCc2n[nH]c(=O)[nH]c2=O)cc(Br)c1OC. The highest BCUT2D eigenvalue weighted by molar-refractivity contribution is 9.10.